The van der Waals surface area contributed by atoms with Crippen molar-refractivity contribution in [1.82, 2.24) is 4.90 Å². The number of hydrogen-bond donors (Lipinski definition) is 0. The van der Waals surface area contributed by atoms with Gasteiger partial charge in [-0.1, -0.05) is 36.3 Å². The van der Waals surface area contributed by atoms with Gasteiger partial charge in [0.25, 0.3) is 0 Å². The first kappa shape index (κ1) is 19.6. The van der Waals surface area contributed by atoms with Crippen LogP contribution >= 0.6 is 0 Å². The van der Waals surface area contributed by atoms with Crippen LogP contribution in [-0.2, 0) is 19.6 Å². The van der Waals surface area contributed by atoms with Gasteiger partial charge in [-0.2, -0.15) is 0 Å². The van der Waals surface area contributed by atoms with Crippen molar-refractivity contribution in [2.45, 2.75) is 58.3 Å². The van der Waals surface area contributed by atoms with E-state index in [0.29, 0.717) is 0 Å². The fraction of sp³-hybridized carbons (Fsp3) is 0.619. The first-order valence-electron chi connectivity index (χ1n) is 9.59. The monoisotopic (exact) mass is 357 g/mol. The predicted molar refractivity (Wildman–Crippen MR) is 107 cm³/mol. The first-order chi connectivity index (χ1) is 12.1. The molecule has 142 valence electrons. The van der Waals surface area contributed by atoms with Crippen LogP contribution in [0.2, 0.25) is 0 Å². The molecule has 0 amide bonds. The maximum Gasteiger partial charge on any atom is 0.487 e. The van der Waals surface area contributed by atoms with Crippen LogP contribution in [0.5, 0.6) is 0 Å². The molecular formula is C21H32BNO3. The first-order valence-corrected chi connectivity index (χ1v) is 9.59. The lowest BCUT2D eigenvalue weighted by atomic mass is 9.88. The molecule has 2 aliphatic rings. The van der Waals surface area contributed by atoms with E-state index in [1.807, 2.05) is 5.98 Å². The maximum atomic E-state index is 6.02. The normalized spacial score (nSPS) is 23.7. The molecule has 0 aromatic heterocycles. The summed E-state index contributed by atoms with van der Waals surface area (Å²) in [5.74, 6) is 2.00. The molecule has 2 aliphatic heterocycles. The summed E-state index contributed by atoms with van der Waals surface area (Å²) in [7, 11) is -0.301. The van der Waals surface area contributed by atoms with Gasteiger partial charge in [0.2, 0.25) is 0 Å². The van der Waals surface area contributed by atoms with Crippen LogP contribution in [0.4, 0.5) is 0 Å². The number of morpholine rings is 1. The molecule has 0 bridgehead atoms. The van der Waals surface area contributed by atoms with Gasteiger partial charge in [0.15, 0.2) is 0 Å². The Morgan fingerprint density at radius 3 is 2.04 bits per heavy atom. The summed E-state index contributed by atoms with van der Waals surface area (Å²) >= 11 is 0. The third-order valence-electron chi connectivity index (χ3n) is 6.14. The van der Waals surface area contributed by atoms with Gasteiger partial charge in [0.05, 0.1) is 24.4 Å². The lowest BCUT2D eigenvalue weighted by Crippen LogP contribution is -2.47. The van der Waals surface area contributed by atoms with E-state index in [2.05, 4.69) is 76.8 Å². The van der Waals surface area contributed by atoms with E-state index >= 15 is 0 Å². The number of hydrogen-bond acceptors (Lipinski definition) is 4. The van der Waals surface area contributed by atoms with Crippen LogP contribution in [0.25, 0.3) is 6.08 Å². The van der Waals surface area contributed by atoms with Crippen molar-refractivity contribution in [3.05, 3.63) is 41.4 Å². The number of benzene rings is 1. The van der Waals surface area contributed by atoms with Crippen molar-refractivity contribution in [2.75, 3.05) is 26.3 Å². The lowest BCUT2D eigenvalue weighted by Gasteiger charge is -2.41. The van der Waals surface area contributed by atoms with Crippen LogP contribution in [0.1, 0.15) is 52.7 Å². The second-order valence-corrected chi connectivity index (χ2v) is 8.76. The Balaban J connectivity index is 1.66. The zero-order valence-corrected chi connectivity index (χ0v) is 17.0. The summed E-state index contributed by atoms with van der Waals surface area (Å²) in [5.41, 5.74) is 1.90. The highest BCUT2D eigenvalue weighted by molar-refractivity contribution is 6.52. The zero-order valence-electron chi connectivity index (χ0n) is 17.0. The van der Waals surface area contributed by atoms with Crippen LogP contribution in [0.3, 0.4) is 0 Å². The third-order valence-corrected chi connectivity index (χ3v) is 6.14. The molecule has 3 rings (SSSR count). The Kier molecular flexibility index (Phi) is 5.37. The van der Waals surface area contributed by atoms with Gasteiger partial charge < -0.3 is 14.0 Å². The summed E-state index contributed by atoms with van der Waals surface area (Å²) in [6.45, 7) is 16.5. The van der Waals surface area contributed by atoms with Crippen molar-refractivity contribution in [3.8, 4) is 0 Å². The Morgan fingerprint density at radius 2 is 1.50 bits per heavy atom. The van der Waals surface area contributed by atoms with Crippen molar-refractivity contribution >= 4 is 13.2 Å². The van der Waals surface area contributed by atoms with Crippen LogP contribution in [0, 0.1) is 0 Å². The van der Waals surface area contributed by atoms with Crippen LogP contribution in [-0.4, -0.2) is 49.5 Å². The molecular weight excluding hydrogens is 325 g/mol. The van der Waals surface area contributed by atoms with Gasteiger partial charge in [-0.25, -0.2) is 0 Å². The van der Waals surface area contributed by atoms with Crippen molar-refractivity contribution in [2.24, 2.45) is 0 Å². The number of nitrogens with zero attached hydrogens (tertiary/aromatic N) is 1. The van der Waals surface area contributed by atoms with Crippen molar-refractivity contribution in [1.29, 1.82) is 0 Å². The molecule has 5 heteroatoms. The smallest absolute Gasteiger partial charge is 0.400 e. The van der Waals surface area contributed by atoms with E-state index in [1.54, 1.807) is 0 Å². The molecule has 0 unspecified atom stereocenters. The summed E-state index contributed by atoms with van der Waals surface area (Å²) < 4.78 is 17.5. The maximum absolute atomic E-state index is 6.02. The van der Waals surface area contributed by atoms with Gasteiger partial charge in [-0.05, 0) is 52.7 Å². The van der Waals surface area contributed by atoms with E-state index in [9.17, 15) is 0 Å². The van der Waals surface area contributed by atoms with E-state index < -0.39 is 0 Å². The topological polar surface area (TPSA) is 30.9 Å². The van der Waals surface area contributed by atoms with Gasteiger partial charge in [0, 0.05) is 18.6 Å². The Labute approximate surface area is 158 Å². The van der Waals surface area contributed by atoms with Crippen molar-refractivity contribution < 1.29 is 14.0 Å². The Hall–Kier alpha value is -1.14. The molecule has 2 fully saturated rings. The Morgan fingerprint density at radius 1 is 0.962 bits per heavy atom. The van der Waals surface area contributed by atoms with Crippen LogP contribution in [0.15, 0.2) is 30.2 Å². The summed E-state index contributed by atoms with van der Waals surface area (Å²) in [6, 6.07) is 8.78. The van der Waals surface area contributed by atoms with E-state index in [4.69, 9.17) is 14.0 Å². The SMILES string of the molecule is CC(C)(c1ccc(/C=C/B2OC(C)(C)C(C)(C)O2)cc1)N1CCOCC1. The predicted octanol–water partition coefficient (Wildman–Crippen LogP) is 3.90. The van der Waals surface area contributed by atoms with E-state index in [-0.39, 0.29) is 23.9 Å². The average Bonchev–Trinajstić information content (AvgIpc) is 2.81. The molecule has 0 N–H and O–H groups in total. The summed E-state index contributed by atoms with van der Waals surface area (Å²) in [5, 5.41) is 0. The van der Waals surface area contributed by atoms with Gasteiger partial charge in [0.1, 0.15) is 0 Å². The molecule has 0 saturated carbocycles. The van der Waals surface area contributed by atoms with Gasteiger partial charge in [-0.3, -0.25) is 4.90 Å². The highest BCUT2D eigenvalue weighted by Gasteiger charge is 2.50. The second-order valence-electron chi connectivity index (χ2n) is 8.76. The number of ether oxygens (including phenoxy) is 1. The number of rotatable bonds is 4. The standard InChI is InChI=1S/C21H32BNO3/c1-19(2,23-13-15-24-16-14-23)18-9-7-17(8-10-18)11-12-22-25-20(3,4)21(5,6)26-22/h7-12H,13-16H2,1-6H3/b12-11+. The minimum Gasteiger partial charge on any atom is -0.400 e. The van der Waals surface area contributed by atoms with Gasteiger partial charge >= 0.3 is 7.12 Å². The second kappa shape index (κ2) is 7.12. The molecule has 1 aromatic carbocycles. The molecule has 4 nitrogen and oxygen atoms in total. The molecule has 1 aromatic rings. The quantitative estimate of drug-likeness (QED) is 0.765. The van der Waals surface area contributed by atoms with E-state index in [0.717, 1.165) is 31.9 Å². The average molecular weight is 357 g/mol. The van der Waals surface area contributed by atoms with E-state index in [1.165, 1.54) is 5.56 Å². The van der Waals surface area contributed by atoms with Gasteiger partial charge in [-0.15, -0.1) is 0 Å². The molecule has 2 saturated heterocycles. The molecule has 0 spiro atoms. The van der Waals surface area contributed by atoms with Crippen LogP contribution < -0.4 is 0 Å². The molecule has 26 heavy (non-hydrogen) atoms. The molecule has 0 radical (unpaired) electrons. The minimum atomic E-state index is -0.301. The lowest BCUT2D eigenvalue weighted by molar-refractivity contribution is -0.0118. The molecule has 0 aliphatic carbocycles. The highest BCUT2D eigenvalue weighted by Crippen LogP contribution is 2.37. The fourth-order valence-electron chi connectivity index (χ4n) is 3.46. The minimum absolute atomic E-state index is 0.0117. The fourth-order valence-corrected chi connectivity index (χ4v) is 3.46. The molecule has 0 atom stereocenters. The summed E-state index contributed by atoms with van der Waals surface area (Å²) in [4.78, 5) is 2.49. The third kappa shape index (κ3) is 3.91. The largest absolute Gasteiger partial charge is 0.487 e. The summed E-state index contributed by atoms with van der Waals surface area (Å²) in [6.07, 6.45) is 2.08. The highest BCUT2D eigenvalue weighted by atomic mass is 16.7. The zero-order chi connectivity index (χ0) is 19.0. The Bertz CT molecular complexity index is 630. The molecule has 2 heterocycles. The van der Waals surface area contributed by atoms with Crippen molar-refractivity contribution in [3.63, 3.8) is 0 Å².